The maximum atomic E-state index is 12.5. The van der Waals surface area contributed by atoms with Gasteiger partial charge in [-0.3, -0.25) is 9.59 Å². The van der Waals surface area contributed by atoms with Crippen molar-refractivity contribution in [3.63, 3.8) is 0 Å². The Bertz CT molecular complexity index is 568. The molecule has 1 heterocycles. The van der Waals surface area contributed by atoms with Gasteiger partial charge in [0.05, 0.1) is 6.42 Å². The molecule has 0 atom stereocenters. The molecule has 0 bridgehead atoms. The van der Waals surface area contributed by atoms with Crippen molar-refractivity contribution in [3.8, 4) is 0 Å². The molecule has 0 radical (unpaired) electrons. The fraction of sp³-hybridized carbons (Fsp3) is 0.579. The molecule has 0 aliphatic carbocycles. The largest absolute Gasteiger partial charge is 0.341 e. The molecule has 0 aromatic heterocycles. The first kappa shape index (κ1) is 17.5. The lowest BCUT2D eigenvalue weighted by molar-refractivity contribution is -0.133. The van der Waals surface area contributed by atoms with Crippen LogP contribution in [0.4, 0.5) is 0 Å². The fourth-order valence-electron chi connectivity index (χ4n) is 2.99. The molecule has 2 rings (SSSR count). The van der Waals surface area contributed by atoms with Crippen molar-refractivity contribution in [2.75, 3.05) is 26.2 Å². The number of amides is 2. The van der Waals surface area contributed by atoms with Crippen LogP contribution in [0.3, 0.4) is 0 Å². The van der Waals surface area contributed by atoms with Crippen molar-refractivity contribution < 1.29 is 9.59 Å². The zero-order chi connectivity index (χ0) is 16.8. The summed E-state index contributed by atoms with van der Waals surface area (Å²) >= 11 is 0. The number of carbonyl (C=O) groups is 2. The standard InChI is InChI=1S/C19H28N2O2/c1-4-6-18(22)20-9-5-10-21(12-11-20)19(23)14-17-8-7-15(2)16(3)13-17/h7-8,13H,4-6,9-12,14H2,1-3H3. The summed E-state index contributed by atoms with van der Waals surface area (Å²) in [4.78, 5) is 28.4. The van der Waals surface area contributed by atoms with Gasteiger partial charge >= 0.3 is 0 Å². The molecular weight excluding hydrogens is 288 g/mol. The van der Waals surface area contributed by atoms with Crippen LogP contribution in [0, 0.1) is 13.8 Å². The third kappa shape index (κ3) is 4.81. The molecule has 4 nitrogen and oxygen atoms in total. The van der Waals surface area contributed by atoms with Gasteiger partial charge in [-0.25, -0.2) is 0 Å². The number of hydrogen-bond acceptors (Lipinski definition) is 2. The lowest BCUT2D eigenvalue weighted by Gasteiger charge is -2.22. The molecule has 23 heavy (non-hydrogen) atoms. The Hall–Kier alpha value is -1.84. The lowest BCUT2D eigenvalue weighted by Crippen LogP contribution is -2.37. The van der Waals surface area contributed by atoms with Crippen molar-refractivity contribution in [2.24, 2.45) is 0 Å². The molecule has 126 valence electrons. The summed E-state index contributed by atoms with van der Waals surface area (Å²) in [7, 11) is 0. The van der Waals surface area contributed by atoms with Crippen LogP contribution >= 0.6 is 0 Å². The monoisotopic (exact) mass is 316 g/mol. The van der Waals surface area contributed by atoms with E-state index in [4.69, 9.17) is 0 Å². The van der Waals surface area contributed by atoms with Crippen LogP contribution < -0.4 is 0 Å². The van der Waals surface area contributed by atoms with Crippen LogP contribution in [0.5, 0.6) is 0 Å². The normalized spacial score (nSPS) is 15.4. The molecule has 4 heteroatoms. The Kier molecular flexibility index (Phi) is 6.20. The second kappa shape index (κ2) is 8.14. The molecule has 1 aromatic carbocycles. The van der Waals surface area contributed by atoms with E-state index in [1.807, 2.05) is 22.8 Å². The minimum Gasteiger partial charge on any atom is -0.341 e. The molecule has 1 fully saturated rings. The molecule has 0 saturated carbocycles. The van der Waals surface area contributed by atoms with Crippen LogP contribution in [0.15, 0.2) is 18.2 Å². The summed E-state index contributed by atoms with van der Waals surface area (Å²) in [5.74, 6) is 0.383. The van der Waals surface area contributed by atoms with E-state index in [-0.39, 0.29) is 11.8 Å². The van der Waals surface area contributed by atoms with Gasteiger partial charge in [0.1, 0.15) is 0 Å². The third-order valence-corrected chi connectivity index (χ3v) is 4.59. The number of rotatable bonds is 4. The van der Waals surface area contributed by atoms with Gasteiger partial charge in [0, 0.05) is 32.6 Å². The number of benzene rings is 1. The summed E-state index contributed by atoms with van der Waals surface area (Å²) in [5, 5.41) is 0. The maximum Gasteiger partial charge on any atom is 0.227 e. The molecule has 0 spiro atoms. The highest BCUT2D eigenvalue weighted by atomic mass is 16.2. The quantitative estimate of drug-likeness (QED) is 0.857. The first-order valence-electron chi connectivity index (χ1n) is 8.63. The topological polar surface area (TPSA) is 40.6 Å². The maximum absolute atomic E-state index is 12.5. The van der Waals surface area contributed by atoms with Gasteiger partial charge < -0.3 is 9.80 Å². The summed E-state index contributed by atoms with van der Waals surface area (Å²) in [5.41, 5.74) is 3.55. The second-order valence-corrected chi connectivity index (χ2v) is 6.46. The van der Waals surface area contributed by atoms with Gasteiger partial charge in [0.2, 0.25) is 11.8 Å². The Labute approximate surface area is 139 Å². The Balaban J connectivity index is 1.92. The number of hydrogen-bond donors (Lipinski definition) is 0. The Morgan fingerprint density at radius 2 is 1.61 bits per heavy atom. The highest BCUT2D eigenvalue weighted by molar-refractivity contribution is 5.79. The van der Waals surface area contributed by atoms with E-state index in [9.17, 15) is 9.59 Å². The van der Waals surface area contributed by atoms with Crippen LogP contribution in [0.2, 0.25) is 0 Å². The van der Waals surface area contributed by atoms with Crippen molar-refractivity contribution in [1.29, 1.82) is 0 Å². The lowest BCUT2D eigenvalue weighted by atomic mass is 10.0. The first-order chi connectivity index (χ1) is 11.0. The number of nitrogens with zero attached hydrogens (tertiary/aromatic N) is 2. The van der Waals surface area contributed by atoms with Crippen molar-refractivity contribution in [3.05, 3.63) is 34.9 Å². The van der Waals surface area contributed by atoms with E-state index >= 15 is 0 Å². The predicted molar refractivity (Wildman–Crippen MR) is 92.3 cm³/mol. The molecule has 2 amide bonds. The molecule has 1 aliphatic heterocycles. The van der Waals surface area contributed by atoms with E-state index in [0.717, 1.165) is 31.5 Å². The van der Waals surface area contributed by atoms with Gasteiger partial charge in [0.15, 0.2) is 0 Å². The predicted octanol–water partition coefficient (Wildman–Crippen LogP) is 2.71. The summed E-state index contributed by atoms with van der Waals surface area (Å²) in [6.45, 7) is 9.02. The summed E-state index contributed by atoms with van der Waals surface area (Å²) in [6.07, 6.45) is 2.81. The minimum atomic E-state index is 0.165. The van der Waals surface area contributed by atoms with E-state index < -0.39 is 0 Å². The highest BCUT2D eigenvalue weighted by Crippen LogP contribution is 2.13. The van der Waals surface area contributed by atoms with Gasteiger partial charge in [-0.15, -0.1) is 0 Å². The Morgan fingerprint density at radius 3 is 2.22 bits per heavy atom. The fourth-order valence-corrected chi connectivity index (χ4v) is 2.99. The Morgan fingerprint density at radius 1 is 0.957 bits per heavy atom. The molecule has 0 unspecified atom stereocenters. The van der Waals surface area contributed by atoms with Crippen LogP contribution in [0.25, 0.3) is 0 Å². The van der Waals surface area contributed by atoms with E-state index in [1.54, 1.807) is 0 Å². The third-order valence-electron chi connectivity index (χ3n) is 4.59. The van der Waals surface area contributed by atoms with E-state index in [0.29, 0.717) is 25.9 Å². The van der Waals surface area contributed by atoms with Crippen LogP contribution in [0.1, 0.15) is 42.9 Å². The van der Waals surface area contributed by atoms with Crippen molar-refractivity contribution in [2.45, 2.75) is 46.5 Å². The number of aryl methyl sites for hydroxylation is 2. The van der Waals surface area contributed by atoms with Gasteiger partial charge in [-0.05, 0) is 43.4 Å². The van der Waals surface area contributed by atoms with Crippen molar-refractivity contribution >= 4 is 11.8 Å². The van der Waals surface area contributed by atoms with E-state index in [2.05, 4.69) is 26.0 Å². The van der Waals surface area contributed by atoms with Crippen LogP contribution in [-0.4, -0.2) is 47.8 Å². The minimum absolute atomic E-state index is 0.165. The van der Waals surface area contributed by atoms with Gasteiger partial charge in [-0.1, -0.05) is 25.1 Å². The van der Waals surface area contributed by atoms with Crippen molar-refractivity contribution in [1.82, 2.24) is 9.80 Å². The van der Waals surface area contributed by atoms with Gasteiger partial charge in [0.25, 0.3) is 0 Å². The molecule has 1 aromatic rings. The second-order valence-electron chi connectivity index (χ2n) is 6.46. The smallest absolute Gasteiger partial charge is 0.227 e. The van der Waals surface area contributed by atoms with Gasteiger partial charge in [-0.2, -0.15) is 0 Å². The zero-order valence-corrected chi connectivity index (χ0v) is 14.6. The summed E-state index contributed by atoms with van der Waals surface area (Å²) in [6, 6.07) is 6.21. The first-order valence-corrected chi connectivity index (χ1v) is 8.63. The molecule has 1 aliphatic rings. The molecule has 1 saturated heterocycles. The van der Waals surface area contributed by atoms with E-state index in [1.165, 1.54) is 11.1 Å². The summed E-state index contributed by atoms with van der Waals surface area (Å²) < 4.78 is 0. The average molecular weight is 316 g/mol. The average Bonchev–Trinajstić information content (AvgIpc) is 2.77. The zero-order valence-electron chi connectivity index (χ0n) is 14.6. The highest BCUT2D eigenvalue weighted by Gasteiger charge is 2.21. The van der Waals surface area contributed by atoms with Crippen LogP contribution in [-0.2, 0) is 16.0 Å². The molecular formula is C19H28N2O2. The molecule has 0 N–H and O–H groups in total. The SMILES string of the molecule is CCCC(=O)N1CCCN(C(=O)Cc2ccc(C)c(C)c2)CC1. The number of carbonyl (C=O) groups excluding carboxylic acids is 2.